The molecule has 2 aliphatic heterocycles. The number of pyridine rings is 1. The molecule has 2 aliphatic rings. The van der Waals surface area contributed by atoms with E-state index in [1.54, 1.807) is 17.0 Å². The van der Waals surface area contributed by atoms with Crippen LogP contribution in [0.3, 0.4) is 0 Å². The summed E-state index contributed by atoms with van der Waals surface area (Å²) < 4.78 is 13.4. The number of nitrogens with two attached hydrogens (primary N) is 1. The Labute approximate surface area is 264 Å². The van der Waals surface area contributed by atoms with Crippen LogP contribution in [0.2, 0.25) is 0 Å². The van der Waals surface area contributed by atoms with Crippen LogP contribution in [-0.2, 0) is 9.59 Å². The number of carbonyl (C=O) groups is 2. The molecule has 0 saturated carbocycles. The van der Waals surface area contributed by atoms with Gasteiger partial charge in [-0.2, -0.15) is 5.26 Å². The predicted molar refractivity (Wildman–Crippen MR) is 172 cm³/mol. The van der Waals surface area contributed by atoms with Crippen molar-refractivity contribution >= 4 is 51.7 Å². The van der Waals surface area contributed by atoms with Crippen LogP contribution >= 0.6 is 11.3 Å². The number of likely N-dealkylation sites (tertiary alicyclic amines) is 1. The predicted octanol–water partition coefficient (Wildman–Crippen LogP) is 3.95. The van der Waals surface area contributed by atoms with Gasteiger partial charge in [-0.1, -0.05) is 6.08 Å². The van der Waals surface area contributed by atoms with Crippen LogP contribution in [0.25, 0.3) is 5.57 Å². The number of amides is 2. The Balaban J connectivity index is 1.21. The fourth-order valence-electron chi connectivity index (χ4n) is 5.63. The van der Waals surface area contributed by atoms with Crippen LogP contribution in [0.5, 0.6) is 0 Å². The molecule has 1 saturated heterocycles. The highest BCUT2D eigenvalue weighted by atomic mass is 32.1. The van der Waals surface area contributed by atoms with Crippen molar-refractivity contribution in [2.24, 2.45) is 5.92 Å². The van der Waals surface area contributed by atoms with E-state index >= 15 is 0 Å². The topological polar surface area (TPSA) is 167 Å². The van der Waals surface area contributed by atoms with Gasteiger partial charge in [0.25, 0.3) is 0 Å². The number of benzene rings is 1. The Morgan fingerprint density at radius 1 is 1.22 bits per heavy atom. The maximum Gasteiger partial charge on any atom is 0.239 e. The molecule has 0 bridgehead atoms. The molecule has 232 valence electrons. The van der Waals surface area contributed by atoms with E-state index in [0.29, 0.717) is 61.8 Å². The first-order valence-corrected chi connectivity index (χ1v) is 15.5. The van der Waals surface area contributed by atoms with Gasteiger partial charge in [0.05, 0.1) is 28.2 Å². The number of thiazole rings is 1. The van der Waals surface area contributed by atoms with Crippen molar-refractivity contribution in [3.63, 3.8) is 0 Å². The molecule has 2 atom stereocenters. The summed E-state index contributed by atoms with van der Waals surface area (Å²) in [4.78, 5) is 42.0. The SMILES string of the molecule is CCN(C(=O)[C@@H]1CCN(C(C)C(=O)N2CC=C(c3ncc(C(=N)C#N)s3)CC2)C1)c1ccc(N)c(C(=N)c2ccc(F)cc2)n1. The fraction of sp³-hybridized carbons (Fsp3) is 0.344. The van der Waals surface area contributed by atoms with Gasteiger partial charge in [-0.3, -0.25) is 30.2 Å². The fourth-order valence-corrected chi connectivity index (χ4v) is 6.52. The zero-order chi connectivity index (χ0) is 32.2. The summed E-state index contributed by atoms with van der Waals surface area (Å²) in [7, 11) is 0. The van der Waals surface area contributed by atoms with Gasteiger partial charge in [0, 0.05) is 37.9 Å². The van der Waals surface area contributed by atoms with E-state index < -0.39 is 11.9 Å². The molecule has 2 amide bonds. The Morgan fingerprint density at radius 2 is 1.98 bits per heavy atom. The first-order chi connectivity index (χ1) is 21.6. The van der Waals surface area contributed by atoms with Crippen molar-refractivity contribution in [2.45, 2.75) is 32.7 Å². The molecule has 45 heavy (non-hydrogen) atoms. The summed E-state index contributed by atoms with van der Waals surface area (Å²) in [5, 5.41) is 26.0. The van der Waals surface area contributed by atoms with Crippen LogP contribution in [0.4, 0.5) is 15.9 Å². The summed E-state index contributed by atoms with van der Waals surface area (Å²) >= 11 is 1.31. The molecule has 0 radical (unpaired) electrons. The van der Waals surface area contributed by atoms with Gasteiger partial charge < -0.3 is 10.6 Å². The second-order valence-electron chi connectivity index (χ2n) is 11.0. The third-order valence-electron chi connectivity index (χ3n) is 8.27. The van der Waals surface area contributed by atoms with Crippen LogP contribution in [0.15, 0.2) is 48.7 Å². The minimum Gasteiger partial charge on any atom is -0.397 e. The number of nitrogens with one attached hydrogen (secondary N) is 2. The molecule has 1 aromatic carbocycles. The van der Waals surface area contributed by atoms with Crippen molar-refractivity contribution in [3.05, 3.63) is 75.6 Å². The molecule has 0 aliphatic carbocycles. The summed E-state index contributed by atoms with van der Waals surface area (Å²) in [6, 6.07) is 10.2. The molecule has 3 aromatic rings. The maximum atomic E-state index is 13.7. The highest BCUT2D eigenvalue weighted by Gasteiger charge is 2.37. The van der Waals surface area contributed by atoms with Crippen molar-refractivity contribution in [2.75, 3.05) is 43.4 Å². The van der Waals surface area contributed by atoms with E-state index in [9.17, 15) is 14.0 Å². The summed E-state index contributed by atoms with van der Waals surface area (Å²) in [5.74, 6) is -0.447. The number of hydrogen-bond acceptors (Lipinski definition) is 10. The molecular weight excluding hydrogens is 593 g/mol. The van der Waals surface area contributed by atoms with Crippen LogP contribution in [0.1, 0.15) is 47.8 Å². The minimum absolute atomic E-state index is 0.000909. The van der Waals surface area contributed by atoms with Gasteiger partial charge >= 0.3 is 0 Å². The van der Waals surface area contributed by atoms with Crippen molar-refractivity contribution in [3.8, 4) is 6.07 Å². The Morgan fingerprint density at radius 3 is 2.64 bits per heavy atom. The molecule has 13 heteroatoms. The lowest BCUT2D eigenvalue weighted by Crippen LogP contribution is -2.48. The molecule has 11 nitrogen and oxygen atoms in total. The second-order valence-corrected chi connectivity index (χ2v) is 12.0. The van der Waals surface area contributed by atoms with E-state index in [-0.39, 0.29) is 40.5 Å². The monoisotopic (exact) mass is 627 g/mol. The van der Waals surface area contributed by atoms with E-state index in [1.165, 1.54) is 41.8 Å². The molecule has 1 unspecified atom stereocenters. The average molecular weight is 628 g/mol. The second kappa shape index (κ2) is 13.5. The number of rotatable bonds is 9. The summed E-state index contributed by atoms with van der Waals surface area (Å²) in [6.45, 7) is 6.14. The number of nitriles is 1. The number of anilines is 2. The highest BCUT2D eigenvalue weighted by molar-refractivity contribution is 7.14. The average Bonchev–Trinajstić information content (AvgIpc) is 3.76. The molecule has 0 spiro atoms. The van der Waals surface area contributed by atoms with Crippen molar-refractivity contribution in [1.29, 1.82) is 16.1 Å². The number of carbonyl (C=O) groups excluding carboxylic acids is 2. The Kier molecular flexibility index (Phi) is 9.45. The third kappa shape index (κ3) is 6.67. The quantitative estimate of drug-likeness (QED) is 0.302. The van der Waals surface area contributed by atoms with Gasteiger partial charge in [-0.25, -0.2) is 14.4 Å². The minimum atomic E-state index is -0.408. The Bertz CT molecular complexity index is 1710. The highest BCUT2D eigenvalue weighted by Crippen LogP contribution is 2.29. The van der Waals surface area contributed by atoms with Gasteiger partial charge in [0.2, 0.25) is 11.8 Å². The summed E-state index contributed by atoms with van der Waals surface area (Å²) in [5.41, 5.74) is 8.04. The van der Waals surface area contributed by atoms with Crippen molar-refractivity contribution < 1.29 is 14.0 Å². The standard InChI is InChI=1S/C32H34FN9O2S/c1-3-42(27-9-8-24(35)29(39-27)28(37)20-4-6-23(33)7-5-20)32(44)22-12-15-41(18-22)19(2)31(43)40-13-10-21(11-14-40)30-38-17-26(45-30)25(36)16-34/h4-10,17,19,22,36-37H,3,11-15,18,35H2,1-2H3/t19?,22-/m1/s1. The summed E-state index contributed by atoms with van der Waals surface area (Å²) in [6.07, 6.45) is 4.76. The maximum absolute atomic E-state index is 13.7. The largest absolute Gasteiger partial charge is 0.397 e. The van der Waals surface area contributed by atoms with Gasteiger partial charge in [0.1, 0.15) is 28.4 Å². The van der Waals surface area contributed by atoms with Crippen LogP contribution in [0, 0.1) is 33.9 Å². The van der Waals surface area contributed by atoms with E-state index in [2.05, 4.69) is 9.97 Å². The van der Waals surface area contributed by atoms with Gasteiger partial charge in [-0.15, -0.1) is 11.3 Å². The number of aromatic nitrogens is 2. The zero-order valence-electron chi connectivity index (χ0n) is 25.1. The lowest BCUT2D eigenvalue weighted by molar-refractivity contribution is -0.136. The molecule has 1 fully saturated rings. The molecule has 5 rings (SSSR count). The van der Waals surface area contributed by atoms with E-state index in [1.807, 2.05) is 35.8 Å². The zero-order valence-corrected chi connectivity index (χ0v) is 25.9. The number of hydrogen-bond donors (Lipinski definition) is 3. The van der Waals surface area contributed by atoms with Gasteiger partial charge in [0.15, 0.2) is 5.71 Å². The molecule has 4 N–H and O–H groups in total. The van der Waals surface area contributed by atoms with Gasteiger partial charge in [-0.05, 0) is 75.2 Å². The first-order valence-electron chi connectivity index (χ1n) is 14.7. The van der Waals surface area contributed by atoms with Crippen molar-refractivity contribution in [1.82, 2.24) is 19.8 Å². The number of nitrogen functional groups attached to an aromatic ring is 1. The Hall–Kier alpha value is -4.80. The third-order valence-corrected chi connectivity index (χ3v) is 9.36. The number of nitrogens with zero attached hydrogens (tertiary/aromatic N) is 6. The lowest BCUT2D eigenvalue weighted by Gasteiger charge is -2.32. The van der Waals surface area contributed by atoms with Crippen LogP contribution in [-0.4, -0.2) is 81.8 Å². The molecule has 2 aromatic heterocycles. The molecule has 4 heterocycles. The smallest absolute Gasteiger partial charge is 0.239 e. The van der Waals surface area contributed by atoms with E-state index in [0.717, 1.165) is 10.6 Å². The first kappa shape index (κ1) is 31.6. The number of halogens is 1. The van der Waals surface area contributed by atoms with Crippen LogP contribution < -0.4 is 10.6 Å². The molecular formula is C32H34FN9O2S. The lowest BCUT2D eigenvalue weighted by atomic mass is 10.1. The van der Waals surface area contributed by atoms with E-state index in [4.69, 9.17) is 21.8 Å². The normalized spacial score (nSPS) is 17.3.